The zero-order valence-electron chi connectivity index (χ0n) is 9.83. The molecule has 1 aromatic rings. The van der Waals surface area contributed by atoms with E-state index in [1.807, 2.05) is 0 Å². The van der Waals surface area contributed by atoms with Gasteiger partial charge in [-0.05, 0) is 32.4 Å². The Morgan fingerprint density at radius 3 is 2.67 bits per heavy atom. The minimum atomic E-state index is -0.139. The second-order valence-electron chi connectivity index (χ2n) is 4.97. The monoisotopic (exact) mass is 204 g/mol. The highest BCUT2D eigenvalue weighted by atomic mass is 15.2. The second kappa shape index (κ2) is 3.53. The van der Waals surface area contributed by atoms with Crippen molar-refractivity contribution in [1.29, 1.82) is 0 Å². The van der Waals surface area contributed by atoms with Crippen LogP contribution in [-0.4, -0.2) is 18.6 Å². The van der Waals surface area contributed by atoms with Crippen molar-refractivity contribution in [3.63, 3.8) is 0 Å². The first-order valence-electron chi connectivity index (χ1n) is 5.66. The molecular weight excluding hydrogens is 184 g/mol. The quantitative estimate of drug-likeness (QED) is 0.801. The van der Waals surface area contributed by atoms with Gasteiger partial charge < -0.3 is 10.6 Å². The zero-order valence-corrected chi connectivity index (χ0v) is 9.83. The molecule has 0 saturated heterocycles. The predicted molar refractivity (Wildman–Crippen MR) is 65.3 cm³/mol. The highest BCUT2D eigenvalue weighted by Gasteiger charge is 2.35. The highest BCUT2D eigenvalue weighted by molar-refractivity contribution is 5.61. The molecule has 0 aliphatic carbocycles. The third-order valence-electron chi connectivity index (χ3n) is 3.34. The van der Waals surface area contributed by atoms with Crippen molar-refractivity contribution in [2.75, 3.05) is 18.0 Å². The van der Waals surface area contributed by atoms with Gasteiger partial charge in [-0.3, -0.25) is 0 Å². The molecule has 1 atom stereocenters. The van der Waals surface area contributed by atoms with Gasteiger partial charge in [0.05, 0.1) is 0 Å². The van der Waals surface area contributed by atoms with Crippen molar-refractivity contribution in [2.24, 2.45) is 5.73 Å². The van der Waals surface area contributed by atoms with E-state index in [1.54, 1.807) is 0 Å². The van der Waals surface area contributed by atoms with Gasteiger partial charge in [0.15, 0.2) is 0 Å². The van der Waals surface area contributed by atoms with Crippen molar-refractivity contribution in [2.45, 2.75) is 32.2 Å². The molecule has 0 radical (unpaired) electrons. The Balaban J connectivity index is 2.42. The zero-order chi connectivity index (χ0) is 11.1. The van der Waals surface area contributed by atoms with Gasteiger partial charge in [0, 0.05) is 30.2 Å². The van der Waals surface area contributed by atoms with Gasteiger partial charge in [-0.25, -0.2) is 0 Å². The summed E-state index contributed by atoms with van der Waals surface area (Å²) in [5.41, 5.74) is 8.88. The Morgan fingerprint density at radius 2 is 2.07 bits per heavy atom. The molecule has 1 aliphatic rings. The minimum Gasteiger partial charge on any atom is -0.371 e. The van der Waals surface area contributed by atoms with Crippen molar-refractivity contribution >= 4 is 5.69 Å². The topological polar surface area (TPSA) is 29.3 Å². The van der Waals surface area contributed by atoms with Crippen molar-refractivity contribution in [3.8, 4) is 0 Å². The van der Waals surface area contributed by atoms with Crippen molar-refractivity contribution < 1.29 is 0 Å². The Labute approximate surface area is 92.1 Å². The van der Waals surface area contributed by atoms with Gasteiger partial charge in [-0.15, -0.1) is 0 Å². The molecular formula is C13H20N2. The lowest BCUT2D eigenvalue weighted by Gasteiger charge is -2.27. The fourth-order valence-corrected chi connectivity index (χ4v) is 2.42. The molecule has 2 N–H and O–H groups in total. The summed E-state index contributed by atoms with van der Waals surface area (Å²) in [6.07, 6.45) is 0. The van der Waals surface area contributed by atoms with Crippen LogP contribution in [-0.2, 0) is 0 Å². The number of nitrogens with two attached hydrogens (primary N) is 1. The average molecular weight is 204 g/mol. The lowest BCUT2D eigenvalue weighted by Crippen LogP contribution is -2.41. The van der Waals surface area contributed by atoms with Crippen LogP contribution in [0.25, 0.3) is 0 Å². The van der Waals surface area contributed by atoms with Crippen LogP contribution in [0.2, 0.25) is 0 Å². The SMILES string of the molecule is CCN1CC(C(C)(C)N)c2ccccc21. The van der Waals surface area contributed by atoms with E-state index in [0.29, 0.717) is 5.92 Å². The molecule has 2 rings (SSSR count). The Kier molecular flexibility index (Phi) is 2.47. The summed E-state index contributed by atoms with van der Waals surface area (Å²) in [5.74, 6) is 0.452. The standard InChI is InChI=1S/C13H20N2/c1-4-15-9-11(13(2,3)14)10-7-5-6-8-12(10)15/h5-8,11H,4,9,14H2,1-3H3. The molecule has 0 bridgehead atoms. The first-order valence-corrected chi connectivity index (χ1v) is 5.66. The van der Waals surface area contributed by atoms with Gasteiger partial charge in [-0.2, -0.15) is 0 Å². The number of fused-ring (bicyclic) bond motifs is 1. The van der Waals surface area contributed by atoms with Crippen molar-refractivity contribution in [1.82, 2.24) is 0 Å². The lowest BCUT2D eigenvalue weighted by molar-refractivity contribution is 0.425. The Morgan fingerprint density at radius 1 is 1.40 bits per heavy atom. The third kappa shape index (κ3) is 1.74. The van der Waals surface area contributed by atoms with Crippen LogP contribution in [0, 0.1) is 0 Å². The Bertz CT molecular complexity index is 352. The molecule has 1 aliphatic heterocycles. The largest absolute Gasteiger partial charge is 0.371 e. The number of rotatable bonds is 2. The predicted octanol–water partition coefficient (Wildman–Crippen LogP) is 2.35. The number of hydrogen-bond acceptors (Lipinski definition) is 2. The number of para-hydroxylation sites is 1. The normalized spacial score (nSPS) is 20.5. The maximum atomic E-state index is 6.25. The second-order valence-corrected chi connectivity index (χ2v) is 4.97. The summed E-state index contributed by atoms with van der Waals surface area (Å²) < 4.78 is 0. The highest BCUT2D eigenvalue weighted by Crippen LogP contribution is 2.40. The lowest BCUT2D eigenvalue weighted by atomic mass is 9.84. The summed E-state index contributed by atoms with van der Waals surface area (Å²) >= 11 is 0. The molecule has 2 heteroatoms. The average Bonchev–Trinajstić information content (AvgIpc) is 2.55. The van der Waals surface area contributed by atoms with Crippen LogP contribution in [0.5, 0.6) is 0 Å². The molecule has 0 aromatic heterocycles. The van der Waals surface area contributed by atoms with Crippen LogP contribution in [0.1, 0.15) is 32.3 Å². The van der Waals surface area contributed by atoms with Crippen LogP contribution >= 0.6 is 0 Å². The first-order chi connectivity index (χ1) is 7.04. The number of anilines is 1. The number of likely N-dealkylation sites (N-methyl/N-ethyl adjacent to an activating group) is 1. The number of nitrogens with zero attached hydrogens (tertiary/aromatic N) is 1. The van der Waals surface area contributed by atoms with Crippen LogP contribution < -0.4 is 10.6 Å². The van der Waals surface area contributed by atoms with E-state index in [-0.39, 0.29) is 5.54 Å². The molecule has 2 nitrogen and oxygen atoms in total. The smallest absolute Gasteiger partial charge is 0.0403 e. The molecule has 0 saturated carbocycles. The fraction of sp³-hybridized carbons (Fsp3) is 0.538. The van der Waals surface area contributed by atoms with Crippen LogP contribution in [0.4, 0.5) is 5.69 Å². The maximum Gasteiger partial charge on any atom is 0.0403 e. The van der Waals surface area contributed by atoms with Gasteiger partial charge in [0.2, 0.25) is 0 Å². The fourth-order valence-electron chi connectivity index (χ4n) is 2.42. The molecule has 82 valence electrons. The van der Waals surface area contributed by atoms with E-state index < -0.39 is 0 Å². The maximum absolute atomic E-state index is 6.25. The summed E-state index contributed by atoms with van der Waals surface area (Å²) in [6.45, 7) is 8.55. The van der Waals surface area contributed by atoms with Crippen molar-refractivity contribution in [3.05, 3.63) is 29.8 Å². The van der Waals surface area contributed by atoms with Crippen LogP contribution in [0.3, 0.4) is 0 Å². The van der Waals surface area contributed by atoms with Gasteiger partial charge in [-0.1, -0.05) is 18.2 Å². The van der Waals surface area contributed by atoms with E-state index in [1.165, 1.54) is 11.3 Å². The minimum absolute atomic E-state index is 0.139. The summed E-state index contributed by atoms with van der Waals surface area (Å²) in [4.78, 5) is 2.41. The summed E-state index contributed by atoms with van der Waals surface area (Å²) in [6, 6.07) is 8.62. The summed E-state index contributed by atoms with van der Waals surface area (Å²) in [5, 5.41) is 0. The van der Waals surface area contributed by atoms with E-state index in [4.69, 9.17) is 5.73 Å². The Hall–Kier alpha value is -1.02. The van der Waals surface area contributed by atoms with E-state index in [0.717, 1.165) is 13.1 Å². The third-order valence-corrected chi connectivity index (χ3v) is 3.34. The van der Waals surface area contributed by atoms with Crippen LogP contribution in [0.15, 0.2) is 24.3 Å². The van der Waals surface area contributed by atoms with Gasteiger partial charge in [0.1, 0.15) is 0 Å². The van der Waals surface area contributed by atoms with Gasteiger partial charge in [0.25, 0.3) is 0 Å². The summed E-state index contributed by atoms with van der Waals surface area (Å²) in [7, 11) is 0. The molecule has 1 aromatic carbocycles. The van der Waals surface area contributed by atoms with E-state index in [2.05, 4.69) is 49.9 Å². The molecule has 0 spiro atoms. The molecule has 0 amide bonds. The molecule has 15 heavy (non-hydrogen) atoms. The molecule has 1 unspecified atom stereocenters. The number of hydrogen-bond donors (Lipinski definition) is 1. The van der Waals surface area contributed by atoms with E-state index >= 15 is 0 Å². The van der Waals surface area contributed by atoms with E-state index in [9.17, 15) is 0 Å². The number of benzene rings is 1. The van der Waals surface area contributed by atoms with Gasteiger partial charge >= 0.3 is 0 Å². The first kappa shape index (κ1) is 10.5. The molecule has 1 heterocycles. The molecule has 0 fully saturated rings.